The molecular formula is C16H23ClN2O5S. The molecule has 2 rings (SSSR count). The van der Waals surface area contributed by atoms with Crippen LogP contribution in [0.4, 0.5) is 0 Å². The first-order valence-electron chi connectivity index (χ1n) is 8.00. The first-order valence-corrected chi connectivity index (χ1v) is 9.82. The topological polar surface area (TPSA) is 84.9 Å². The Kier molecular flexibility index (Phi) is 7.06. The van der Waals surface area contributed by atoms with Crippen LogP contribution >= 0.6 is 11.6 Å². The first-order chi connectivity index (χ1) is 11.9. The third-order valence-corrected chi connectivity index (χ3v) is 6.38. The van der Waals surface area contributed by atoms with Crippen molar-refractivity contribution in [1.29, 1.82) is 0 Å². The molecular weight excluding hydrogens is 368 g/mol. The Morgan fingerprint density at radius 3 is 2.56 bits per heavy atom. The van der Waals surface area contributed by atoms with E-state index in [0.717, 1.165) is 0 Å². The first kappa shape index (κ1) is 20.0. The van der Waals surface area contributed by atoms with Crippen LogP contribution in [0.3, 0.4) is 0 Å². The van der Waals surface area contributed by atoms with Crippen molar-refractivity contribution in [2.75, 3.05) is 40.5 Å². The Balaban J connectivity index is 1.99. The molecule has 1 N–H and O–H groups in total. The van der Waals surface area contributed by atoms with Crippen molar-refractivity contribution in [3.63, 3.8) is 0 Å². The van der Waals surface area contributed by atoms with Gasteiger partial charge in [-0.05, 0) is 31.0 Å². The predicted octanol–water partition coefficient (Wildman–Crippen LogP) is 1.51. The predicted molar refractivity (Wildman–Crippen MR) is 94.4 cm³/mol. The molecule has 1 heterocycles. The molecule has 140 valence electrons. The highest BCUT2D eigenvalue weighted by Crippen LogP contribution is 2.30. The van der Waals surface area contributed by atoms with Crippen LogP contribution in [0.1, 0.15) is 12.8 Å². The van der Waals surface area contributed by atoms with Gasteiger partial charge in [-0.25, -0.2) is 8.42 Å². The number of ether oxygens (including phenoxy) is 2. The molecule has 0 bridgehead atoms. The SMILES string of the molecule is COCCNC(=O)C1CCN(S(=O)(=O)c2ccc(OC)c(Cl)c2)CC1. The molecule has 0 unspecified atom stereocenters. The lowest BCUT2D eigenvalue weighted by Crippen LogP contribution is -2.43. The number of hydrogen-bond donors (Lipinski definition) is 1. The monoisotopic (exact) mass is 390 g/mol. The van der Waals surface area contributed by atoms with E-state index in [4.69, 9.17) is 21.1 Å². The molecule has 0 aliphatic carbocycles. The standard InChI is InChI=1S/C16H23ClN2O5S/c1-23-10-7-18-16(20)12-5-8-19(9-6-12)25(21,22)13-3-4-15(24-2)14(17)11-13/h3-4,11-12H,5-10H2,1-2H3,(H,18,20). The zero-order chi connectivity index (χ0) is 18.4. The molecule has 1 amide bonds. The molecule has 1 aliphatic rings. The number of hydrogen-bond acceptors (Lipinski definition) is 5. The number of carbonyl (C=O) groups is 1. The van der Waals surface area contributed by atoms with E-state index in [0.29, 0.717) is 44.8 Å². The number of nitrogens with zero attached hydrogens (tertiary/aromatic N) is 1. The summed E-state index contributed by atoms with van der Waals surface area (Å²) in [5.41, 5.74) is 0. The van der Waals surface area contributed by atoms with Gasteiger partial charge in [-0.2, -0.15) is 4.31 Å². The van der Waals surface area contributed by atoms with E-state index in [1.54, 1.807) is 7.11 Å². The van der Waals surface area contributed by atoms with Gasteiger partial charge in [0.05, 0.1) is 23.6 Å². The van der Waals surface area contributed by atoms with Gasteiger partial charge in [-0.15, -0.1) is 0 Å². The molecule has 9 heteroatoms. The summed E-state index contributed by atoms with van der Waals surface area (Å²) in [7, 11) is -0.597. The largest absolute Gasteiger partial charge is 0.495 e. The second-order valence-corrected chi connectivity index (χ2v) is 8.10. The fourth-order valence-corrected chi connectivity index (χ4v) is 4.55. The summed E-state index contributed by atoms with van der Waals surface area (Å²) in [6.07, 6.45) is 0.976. The second-order valence-electron chi connectivity index (χ2n) is 5.76. The van der Waals surface area contributed by atoms with Crippen molar-refractivity contribution in [1.82, 2.24) is 9.62 Å². The zero-order valence-electron chi connectivity index (χ0n) is 14.3. The van der Waals surface area contributed by atoms with E-state index < -0.39 is 10.0 Å². The van der Waals surface area contributed by atoms with E-state index in [1.165, 1.54) is 29.6 Å². The van der Waals surface area contributed by atoms with Gasteiger partial charge in [0.25, 0.3) is 0 Å². The lowest BCUT2D eigenvalue weighted by atomic mass is 9.97. The minimum Gasteiger partial charge on any atom is -0.495 e. The number of benzene rings is 1. The van der Waals surface area contributed by atoms with Gasteiger partial charge in [0.15, 0.2) is 0 Å². The number of amides is 1. The Bertz CT molecular complexity index is 702. The van der Waals surface area contributed by atoms with Crippen LogP contribution in [0.5, 0.6) is 5.75 Å². The van der Waals surface area contributed by atoms with Crippen molar-refractivity contribution in [3.05, 3.63) is 23.2 Å². The maximum absolute atomic E-state index is 12.7. The van der Waals surface area contributed by atoms with Crippen molar-refractivity contribution in [2.24, 2.45) is 5.92 Å². The molecule has 0 saturated carbocycles. The number of methoxy groups -OCH3 is 2. The van der Waals surface area contributed by atoms with Gasteiger partial charge in [-0.3, -0.25) is 4.79 Å². The van der Waals surface area contributed by atoms with Crippen LogP contribution < -0.4 is 10.1 Å². The normalized spacial score (nSPS) is 16.6. The molecule has 1 aliphatic heterocycles. The highest BCUT2D eigenvalue weighted by molar-refractivity contribution is 7.89. The average Bonchev–Trinajstić information content (AvgIpc) is 2.61. The number of piperidine rings is 1. The minimum atomic E-state index is -3.64. The lowest BCUT2D eigenvalue weighted by Gasteiger charge is -2.30. The second kappa shape index (κ2) is 8.84. The molecule has 25 heavy (non-hydrogen) atoms. The van der Waals surface area contributed by atoms with Crippen LogP contribution in [-0.4, -0.2) is 59.1 Å². The van der Waals surface area contributed by atoms with E-state index in [1.807, 2.05) is 0 Å². The van der Waals surface area contributed by atoms with Crippen LogP contribution in [0.25, 0.3) is 0 Å². The van der Waals surface area contributed by atoms with Gasteiger partial charge < -0.3 is 14.8 Å². The summed E-state index contributed by atoms with van der Waals surface area (Å²) >= 11 is 6.03. The Morgan fingerprint density at radius 2 is 2.00 bits per heavy atom. The van der Waals surface area contributed by atoms with E-state index >= 15 is 0 Å². The molecule has 1 aromatic carbocycles. The summed E-state index contributed by atoms with van der Waals surface area (Å²) in [6.45, 7) is 1.51. The van der Waals surface area contributed by atoms with Crippen molar-refractivity contribution >= 4 is 27.5 Å². The number of rotatable bonds is 7. The summed E-state index contributed by atoms with van der Waals surface area (Å²) in [5.74, 6) is 0.191. The molecule has 0 atom stereocenters. The number of sulfonamides is 1. The van der Waals surface area contributed by atoms with Crippen LogP contribution in [0.2, 0.25) is 5.02 Å². The molecule has 1 aromatic rings. The van der Waals surface area contributed by atoms with Crippen molar-refractivity contribution < 1.29 is 22.7 Å². The van der Waals surface area contributed by atoms with Crippen LogP contribution in [0.15, 0.2) is 23.1 Å². The molecule has 0 spiro atoms. The Hall–Kier alpha value is -1.35. The molecule has 0 aromatic heterocycles. The summed E-state index contributed by atoms with van der Waals surface area (Å²) in [4.78, 5) is 12.2. The van der Waals surface area contributed by atoms with Crippen molar-refractivity contribution in [3.8, 4) is 5.75 Å². The molecule has 7 nitrogen and oxygen atoms in total. The fourth-order valence-electron chi connectivity index (χ4n) is 2.74. The Morgan fingerprint density at radius 1 is 1.32 bits per heavy atom. The highest BCUT2D eigenvalue weighted by atomic mass is 35.5. The number of nitrogens with one attached hydrogen (secondary N) is 1. The maximum Gasteiger partial charge on any atom is 0.243 e. The number of carbonyl (C=O) groups excluding carboxylic acids is 1. The van der Waals surface area contributed by atoms with Gasteiger partial charge >= 0.3 is 0 Å². The van der Waals surface area contributed by atoms with Gasteiger partial charge in [0.1, 0.15) is 5.75 Å². The third-order valence-electron chi connectivity index (χ3n) is 4.19. The highest BCUT2D eigenvalue weighted by Gasteiger charge is 2.32. The summed E-state index contributed by atoms with van der Waals surface area (Å²) < 4.78 is 36.8. The minimum absolute atomic E-state index is 0.0541. The quantitative estimate of drug-likeness (QED) is 0.713. The molecule has 1 fully saturated rings. The Labute approximate surface area is 153 Å². The van der Waals surface area contributed by atoms with Crippen LogP contribution in [0, 0.1) is 5.92 Å². The fraction of sp³-hybridized carbons (Fsp3) is 0.562. The van der Waals surface area contributed by atoms with E-state index in [-0.39, 0.29) is 21.7 Å². The zero-order valence-corrected chi connectivity index (χ0v) is 15.9. The number of halogens is 1. The molecule has 1 saturated heterocycles. The average molecular weight is 391 g/mol. The van der Waals surface area contributed by atoms with E-state index in [9.17, 15) is 13.2 Å². The molecule has 0 radical (unpaired) electrons. The van der Waals surface area contributed by atoms with Gasteiger partial charge in [-0.1, -0.05) is 11.6 Å². The smallest absolute Gasteiger partial charge is 0.243 e. The maximum atomic E-state index is 12.7. The summed E-state index contributed by atoms with van der Waals surface area (Å²) in [6, 6.07) is 4.40. The van der Waals surface area contributed by atoms with E-state index in [2.05, 4.69) is 5.32 Å². The summed E-state index contributed by atoms with van der Waals surface area (Å²) in [5, 5.41) is 3.04. The van der Waals surface area contributed by atoms with Gasteiger partial charge in [0.2, 0.25) is 15.9 Å². The van der Waals surface area contributed by atoms with Crippen molar-refractivity contribution in [2.45, 2.75) is 17.7 Å². The van der Waals surface area contributed by atoms with Gasteiger partial charge in [0, 0.05) is 32.7 Å². The van der Waals surface area contributed by atoms with Crippen LogP contribution in [-0.2, 0) is 19.6 Å². The lowest BCUT2D eigenvalue weighted by molar-refractivity contribution is -0.126. The third kappa shape index (κ3) is 4.84.